The van der Waals surface area contributed by atoms with Crippen LogP contribution in [0.25, 0.3) is 11.0 Å². The summed E-state index contributed by atoms with van der Waals surface area (Å²) < 4.78 is 0. The number of nitrogens with one attached hydrogen (secondary N) is 2. The smallest absolute Gasteiger partial charge is 0.255 e. The maximum atomic E-state index is 12.1. The first-order chi connectivity index (χ1) is 9.63. The molecule has 0 aliphatic rings. The molecule has 0 saturated carbocycles. The molecular weight excluding hydrogens is 299 g/mol. The molecule has 0 atom stereocenters. The number of hydrogen-bond donors (Lipinski definition) is 2. The summed E-state index contributed by atoms with van der Waals surface area (Å²) in [6, 6.07) is 9.96. The van der Waals surface area contributed by atoms with E-state index < -0.39 is 0 Å². The van der Waals surface area contributed by atoms with Crippen molar-refractivity contribution in [1.82, 2.24) is 15.4 Å². The third kappa shape index (κ3) is 2.45. The zero-order valence-corrected chi connectivity index (χ0v) is 11.5. The van der Waals surface area contributed by atoms with Gasteiger partial charge in [0.15, 0.2) is 0 Å². The number of carbonyl (C=O) groups excluding carboxylic acids is 1. The van der Waals surface area contributed by atoms with Gasteiger partial charge in [-0.2, -0.15) is 15.4 Å². The van der Waals surface area contributed by atoms with Crippen molar-refractivity contribution < 1.29 is 4.79 Å². The molecule has 2 aromatic carbocycles. The van der Waals surface area contributed by atoms with Crippen LogP contribution in [0, 0.1) is 0 Å². The maximum absolute atomic E-state index is 12.1. The molecule has 2 N–H and O–H groups in total. The molecule has 3 rings (SSSR count). The summed E-state index contributed by atoms with van der Waals surface area (Å²) in [5.74, 6) is -0.256. The maximum Gasteiger partial charge on any atom is 0.255 e. The molecule has 0 fully saturated rings. The Hall–Kier alpha value is -2.11. The van der Waals surface area contributed by atoms with E-state index in [0.717, 1.165) is 0 Å². The number of H-pyrrole nitrogens is 1. The lowest BCUT2D eigenvalue weighted by molar-refractivity contribution is 0.102. The molecule has 0 spiro atoms. The van der Waals surface area contributed by atoms with Gasteiger partial charge in [-0.15, -0.1) is 0 Å². The Morgan fingerprint density at radius 2 is 1.80 bits per heavy atom. The van der Waals surface area contributed by atoms with E-state index in [1.54, 1.807) is 36.4 Å². The topological polar surface area (TPSA) is 70.7 Å². The van der Waals surface area contributed by atoms with Crippen LogP contribution in [0.2, 0.25) is 10.0 Å². The molecule has 0 aliphatic heterocycles. The first-order valence-corrected chi connectivity index (χ1v) is 6.46. The fourth-order valence-electron chi connectivity index (χ4n) is 1.76. The lowest BCUT2D eigenvalue weighted by Crippen LogP contribution is -2.11. The molecule has 0 bridgehead atoms. The van der Waals surface area contributed by atoms with Crippen molar-refractivity contribution >= 4 is 45.8 Å². The predicted molar refractivity (Wildman–Crippen MR) is 78.3 cm³/mol. The third-order valence-electron chi connectivity index (χ3n) is 2.76. The van der Waals surface area contributed by atoms with Crippen molar-refractivity contribution in [2.45, 2.75) is 0 Å². The van der Waals surface area contributed by atoms with Crippen molar-refractivity contribution in [2.24, 2.45) is 0 Å². The zero-order chi connectivity index (χ0) is 14.1. The lowest BCUT2D eigenvalue weighted by atomic mass is 10.2. The number of aromatic nitrogens is 3. The van der Waals surface area contributed by atoms with E-state index in [2.05, 4.69) is 20.7 Å². The van der Waals surface area contributed by atoms with Gasteiger partial charge in [0.25, 0.3) is 5.91 Å². The molecule has 1 aromatic heterocycles. The number of carbonyl (C=O) groups is 1. The number of anilines is 1. The van der Waals surface area contributed by atoms with E-state index in [1.165, 1.54) is 0 Å². The highest BCUT2D eigenvalue weighted by Crippen LogP contribution is 2.25. The van der Waals surface area contributed by atoms with Crippen LogP contribution < -0.4 is 5.32 Å². The highest BCUT2D eigenvalue weighted by atomic mass is 35.5. The van der Waals surface area contributed by atoms with Crippen LogP contribution in [0.5, 0.6) is 0 Å². The van der Waals surface area contributed by atoms with Crippen molar-refractivity contribution in [1.29, 1.82) is 0 Å². The molecule has 1 amide bonds. The second kappa shape index (κ2) is 5.11. The summed E-state index contributed by atoms with van der Waals surface area (Å²) >= 11 is 11.7. The number of fused-ring (bicyclic) bond motifs is 1. The lowest BCUT2D eigenvalue weighted by Gasteiger charge is -2.06. The van der Waals surface area contributed by atoms with Crippen molar-refractivity contribution in [3.8, 4) is 0 Å². The normalized spacial score (nSPS) is 10.7. The molecule has 100 valence electrons. The summed E-state index contributed by atoms with van der Waals surface area (Å²) in [5, 5.41) is 13.9. The van der Waals surface area contributed by atoms with E-state index >= 15 is 0 Å². The molecule has 7 heteroatoms. The van der Waals surface area contributed by atoms with Crippen LogP contribution in [0.4, 0.5) is 5.69 Å². The SMILES string of the molecule is O=C(Nc1ccc(Cl)c(Cl)c1)c1ccc2n[nH]nc2c1. The summed E-state index contributed by atoms with van der Waals surface area (Å²) in [4.78, 5) is 12.1. The largest absolute Gasteiger partial charge is 0.322 e. The quantitative estimate of drug-likeness (QED) is 0.761. The average molecular weight is 307 g/mol. The van der Waals surface area contributed by atoms with Gasteiger partial charge in [-0.3, -0.25) is 4.79 Å². The molecule has 1 heterocycles. The second-order valence-corrected chi connectivity index (χ2v) is 4.92. The minimum absolute atomic E-state index is 0.256. The number of hydrogen-bond acceptors (Lipinski definition) is 3. The molecule has 0 saturated heterocycles. The van der Waals surface area contributed by atoms with E-state index in [1.807, 2.05) is 0 Å². The molecule has 0 aliphatic carbocycles. The Morgan fingerprint density at radius 1 is 1.00 bits per heavy atom. The van der Waals surface area contributed by atoms with Crippen molar-refractivity contribution in [3.05, 3.63) is 52.0 Å². The highest BCUT2D eigenvalue weighted by Gasteiger charge is 2.09. The van der Waals surface area contributed by atoms with E-state index in [0.29, 0.717) is 32.3 Å². The molecule has 5 nitrogen and oxygen atoms in total. The van der Waals surface area contributed by atoms with Crippen LogP contribution in [-0.2, 0) is 0 Å². The Labute approximate surface area is 123 Å². The Kier molecular flexibility index (Phi) is 3.30. The fourth-order valence-corrected chi connectivity index (χ4v) is 2.06. The predicted octanol–water partition coefficient (Wildman–Crippen LogP) is 3.52. The van der Waals surface area contributed by atoms with Crippen LogP contribution in [0.15, 0.2) is 36.4 Å². The number of aromatic amines is 1. The van der Waals surface area contributed by atoms with E-state index in [-0.39, 0.29) is 5.91 Å². The number of rotatable bonds is 2. The van der Waals surface area contributed by atoms with E-state index in [4.69, 9.17) is 23.2 Å². The standard InChI is InChI=1S/C13H8Cl2N4O/c14-9-3-2-8(6-10(9)15)16-13(20)7-1-4-11-12(5-7)18-19-17-11/h1-6H,(H,16,20)(H,17,18,19). The molecule has 0 radical (unpaired) electrons. The zero-order valence-electron chi connectivity index (χ0n) is 10.0. The number of amides is 1. The first-order valence-electron chi connectivity index (χ1n) is 5.70. The minimum Gasteiger partial charge on any atom is -0.322 e. The summed E-state index contributed by atoms with van der Waals surface area (Å²) in [7, 11) is 0. The summed E-state index contributed by atoms with van der Waals surface area (Å²) in [6.07, 6.45) is 0. The van der Waals surface area contributed by atoms with Crippen molar-refractivity contribution in [3.63, 3.8) is 0 Å². The van der Waals surface area contributed by atoms with Crippen LogP contribution >= 0.6 is 23.2 Å². The van der Waals surface area contributed by atoms with Gasteiger partial charge in [0.1, 0.15) is 11.0 Å². The van der Waals surface area contributed by atoms with Gasteiger partial charge in [-0.1, -0.05) is 23.2 Å². The highest BCUT2D eigenvalue weighted by molar-refractivity contribution is 6.42. The van der Waals surface area contributed by atoms with Crippen LogP contribution in [0.3, 0.4) is 0 Å². The molecule has 20 heavy (non-hydrogen) atoms. The van der Waals surface area contributed by atoms with E-state index in [9.17, 15) is 4.79 Å². The van der Waals surface area contributed by atoms with Gasteiger partial charge in [0, 0.05) is 11.3 Å². The average Bonchev–Trinajstić information content (AvgIpc) is 2.90. The van der Waals surface area contributed by atoms with Gasteiger partial charge >= 0.3 is 0 Å². The molecule has 0 unspecified atom stereocenters. The Balaban J connectivity index is 1.86. The summed E-state index contributed by atoms with van der Waals surface area (Å²) in [6.45, 7) is 0. The van der Waals surface area contributed by atoms with Gasteiger partial charge in [-0.25, -0.2) is 0 Å². The monoisotopic (exact) mass is 306 g/mol. The van der Waals surface area contributed by atoms with Gasteiger partial charge < -0.3 is 5.32 Å². The van der Waals surface area contributed by atoms with Gasteiger partial charge in [-0.05, 0) is 36.4 Å². The fraction of sp³-hybridized carbons (Fsp3) is 0. The third-order valence-corrected chi connectivity index (χ3v) is 3.50. The van der Waals surface area contributed by atoms with Crippen LogP contribution in [0.1, 0.15) is 10.4 Å². The van der Waals surface area contributed by atoms with Crippen LogP contribution in [-0.4, -0.2) is 21.3 Å². The number of nitrogens with zero attached hydrogens (tertiary/aromatic N) is 2. The van der Waals surface area contributed by atoms with Gasteiger partial charge in [0.05, 0.1) is 10.0 Å². The summed E-state index contributed by atoms with van der Waals surface area (Å²) in [5.41, 5.74) is 2.39. The Morgan fingerprint density at radius 3 is 2.60 bits per heavy atom. The molecule has 3 aromatic rings. The first kappa shape index (κ1) is 12.9. The van der Waals surface area contributed by atoms with Gasteiger partial charge in [0.2, 0.25) is 0 Å². The number of halogens is 2. The number of benzene rings is 2. The minimum atomic E-state index is -0.256. The second-order valence-electron chi connectivity index (χ2n) is 4.11. The molecular formula is C13H8Cl2N4O. The van der Waals surface area contributed by atoms with Crippen molar-refractivity contribution in [2.75, 3.05) is 5.32 Å². The Bertz CT molecular complexity index is 800.